The van der Waals surface area contributed by atoms with Gasteiger partial charge in [-0.15, -0.1) is 0 Å². The zero-order chi connectivity index (χ0) is 20.4. The predicted octanol–water partition coefficient (Wildman–Crippen LogP) is 4.28. The number of benzene rings is 2. The Kier molecular flexibility index (Phi) is 5.54. The molecule has 1 N–H and O–H groups in total. The van der Waals surface area contributed by atoms with Gasteiger partial charge in [0.25, 0.3) is 0 Å². The summed E-state index contributed by atoms with van der Waals surface area (Å²) in [6.07, 6.45) is 3.36. The van der Waals surface area contributed by atoms with E-state index in [0.29, 0.717) is 5.75 Å². The van der Waals surface area contributed by atoms with Crippen LogP contribution in [-0.2, 0) is 15.6 Å². The summed E-state index contributed by atoms with van der Waals surface area (Å²) >= 11 is 0. The van der Waals surface area contributed by atoms with E-state index in [1.165, 1.54) is 0 Å². The number of aromatic nitrogens is 1. The van der Waals surface area contributed by atoms with Crippen molar-refractivity contribution in [1.29, 1.82) is 0 Å². The second-order valence-electron chi connectivity index (χ2n) is 7.20. The molecule has 0 saturated carbocycles. The van der Waals surface area contributed by atoms with Gasteiger partial charge in [-0.2, -0.15) is 0 Å². The van der Waals surface area contributed by atoms with E-state index in [0.717, 1.165) is 22.3 Å². The number of nitrogens with one attached hydrogen (secondary N) is 1. The van der Waals surface area contributed by atoms with Gasteiger partial charge in [-0.05, 0) is 61.7 Å². The molecule has 0 bridgehead atoms. The highest BCUT2D eigenvalue weighted by atomic mass is 32.2. The van der Waals surface area contributed by atoms with Crippen LogP contribution in [-0.4, -0.2) is 20.5 Å². The average molecular weight is 397 g/mol. The molecule has 0 aliphatic carbocycles. The first-order valence-corrected chi connectivity index (χ1v) is 10.4. The average Bonchev–Trinajstić information content (AvgIpc) is 2.67. The van der Waals surface area contributed by atoms with E-state index < -0.39 is 15.6 Å². The minimum atomic E-state index is -3.66. The van der Waals surface area contributed by atoms with E-state index in [4.69, 9.17) is 4.74 Å². The van der Waals surface area contributed by atoms with Gasteiger partial charge in [-0.25, -0.2) is 13.1 Å². The first-order chi connectivity index (χ1) is 13.2. The maximum atomic E-state index is 12.9. The molecule has 0 aliphatic rings. The lowest BCUT2D eigenvalue weighted by Gasteiger charge is -2.27. The second-order valence-corrected chi connectivity index (χ2v) is 8.89. The van der Waals surface area contributed by atoms with Crippen LogP contribution < -0.4 is 9.46 Å². The largest absolute Gasteiger partial charge is 0.494 e. The highest BCUT2D eigenvalue weighted by molar-refractivity contribution is 7.89. The number of pyridine rings is 1. The van der Waals surface area contributed by atoms with Crippen molar-refractivity contribution in [3.8, 4) is 16.9 Å². The number of rotatable bonds is 6. The van der Waals surface area contributed by atoms with Gasteiger partial charge in [-0.1, -0.05) is 30.3 Å². The predicted molar refractivity (Wildman–Crippen MR) is 111 cm³/mol. The van der Waals surface area contributed by atoms with E-state index in [1.807, 2.05) is 57.2 Å². The first-order valence-electron chi connectivity index (χ1n) is 8.92. The normalized spacial score (nSPS) is 12.0. The number of nitrogens with zero attached hydrogens (tertiary/aromatic N) is 1. The molecule has 0 amide bonds. The van der Waals surface area contributed by atoms with E-state index in [1.54, 1.807) is 37.7 Å². The lowest BCUT2D eigenvalue weighted by atomic mass is 9.92. The van der Waals surface area contributed by atoms with Gasteiger partial charge in [0.2, 0.25) is 10.0 Å². The summed E-state index contributed by atoms with van der Waals surface area (Å²) in [6, 6.07) is 16.5. The van der Waals surface area contributed by atoms with Crippen molar-refractivity contribution in [2.45, 2.75) is 31.2 Å². The third-order valence-corrected chi connectivity index (χ3v) is 6.24. The van der Waals surface area contributed by atoms with Gasteiger partial charge >= 0.3 is 0 Å². The molecule has 0 radical (unpaired) electrons. The quantitative estimate of drug-likeness (QED) is 0.675. The Morgan fingerprint density at radius 1 is 1.04 bits per heavy atom. The topological polar surface area (TPSA) is 68.3 Å². The Hall–Kier alpha value is -2.70. The van der Waals surface area contributed by atoms with Gasteiger partial charge in [-0.3, -0.25) is 4.98 Å². The molecule has 0 saturated heterocycles. The zero-order valence-electron chi connectivity index (χ0n) is 16.4. The van der Waals surface area contributed by atoms with Crippen LogP contribution in [0.4, 0.5) is 0 Å². The summed E-state index contributed by atoms with van der Waals surface area (Å²) < 4.78 is 34.0. The molecule has 5 nitrogen and oxygen atoms in total. The third-order valence-electron chi connectivity index (χ3n) is 4.59. The van der Waals surface area contributed by atoms with Crippen LogP contribution in [0, 0.1) is 6.92 Å². The first kappa shape index (κ1) is 20.0. The Morgan fingerprint density at radius 2 is 1.79 bits per heavy atom. The van der Waals surface area contributed by atoms with Crippen LogP contribution >= 0.6 is 0 Å². The Morgan fingerprint density at radius 3 is 2.50 bits per heavy atom. The van der Waals surface area contributed by atoms with Gasteiger partial charge in [0, 0.05) is 11.8 Å². The van der Waals surface area contributed by atoms with Crippen LogP contribution in [0.3, 0.4) is 0 Å². The maximum absolute atomic E-state index is 12.9. The molecule has 146 valence electrons. The number of sulfonamides is 1. The number of methoxy groups -OCH3 is 1. The molecule has 1 heterocycles. The van der Waals surface area contributed by atoms with Crippen molar-refractivity contribution in [2.24, 2.45) is 0 Å². The molecular formula is C22H24N2O3S. The summed E-state index contributed by atoms with van der Waals surface area (Å²) in [5, 5.41) is 0. The minimum Gasteiger partial charge on any atom is -0.494 e. The monoisotopic (exact) mass is 396 g/mol. The minimum absolute atomic E-state index is 0.257. The number of ether oxygens (including phenoxy) is 1. The molecule has 0 spiro atoms. The number of aryl methyl sites for hydroxylation is 1. The smallest absolute Gasteiger partial charge is 0.241 e. The number of hydrogen-bond acceptors (Lipinski definition) is 4. The van der Waals surface area contributed by atoms with E-state index in [9.17, 15) is 8.42 Å². The fraction of sp³-hybridized carbons (Fsp3) is 0.227. The van der Waals surface area contributed by atoms with E-state index >= 15 is 0 Å². The Labute approximate surface area is 166 Å². The van der Waals surface area contributed by atoms with Crippen molar-refractivity contribution in [2.75, 3.05) is 7.11 Å². The van der Waals surface area contributed by atoms with Gasteiger partial charge in [0.1, 0.15) is 5.75 Å². The molecule has 3 aromatic rings. The molecule has 28 heavy (non-hydrogen) atoms. The molecule has 0 fully saturated rings. The lowest BCUT2D eigenvalue weighted by Crippen LogP contribution is -2.40. The van der Waals surface area contributed by atoms with Crippen LogP contribution in [0.2, 0.25) is 0 Å². The lowest BCUT2D eigenvalue weighted by molar-refractivity contribution is 0.414. The highest BCUT2D eigenvalue weighted by Crippen LogP contribution is 2.32. The van der Waals surface area contributed by atoms with Gasteiger partial charge < -0.3 is 4.74 Å². The van der Waals surface area contributed by atoms with Crippen LogP contribution in [0.1, 0.15) is 25.0 Å². The zero-order valence-corrected chi connectivity index (χ0v) is 17.2. The highest BCUT2D eigenvalue weighted by Gasteiger charge is 2.28. The fourth-order valence-electron chi connectivity index (χ4n) is 3.09. The molecule has 1 aromatic heterocycles. The summed E-state index contributed by atoms with van der Waals surface area (Å²) in [5.41, 5.74) is 2.77. The van der Waals surface area contributed by atoms with Crippen molar-refractivity contribution >= 4 is 10.0 Å². The molecule has 3 rings (SSSR count). The second kappa shape index (κ2) is 7.73. The maximum Gasteiger partial charge on any atom is 0.241 e. The van der Waals surface area contributed by atoms with Gasteiger partial charge in [0.05, 0.1) is 23.7 Å². The van der Waals surface area contributed by atoms with E-state index in [-0.39, 0.29) is 4.90 Å². The summed E-state index contributed by atoms with van der Waals surface area (Å²) in [6.45, 7) is 5.57. The summed E-state index contributed by atoms with van der Waals surface area (Å²) in [7, 11) is -2.06. The molecule has 0 atom stereocenters. The van der Waals surface area contributed by atoms with Crippen LogP contribution in [0.5, 0.6) is 5.75 Å². The third kappa shape index (κ3) is 4.24. The number of hydrogen-bond donors (Lipinski definition) is 1. The standard InChI is InChI=1S/C22H24N2O3S/c1-16-7-5-10-19(13-16)28(25,26)24-22(2,3)18-9-6-8-17(14-18)20-11-12-23-15-21(20)27-4/h5-15,24H,1-4H3. The van der Waals surface area contributed by atoms with Crippen LogP contribution in [0.25, 0.3) is 11.1 Å². The molecule has 0 unspecified atom stereocenters. The van der Waals surface area contributed by atoms with Crippen molar-refractivity contribution in [3.05, 3.63) is 78.1 Å². The molecule has 0 aliphatic heterocycles. The SMILES string of the molecule is COc1cnccc1-c1cccc(C(C)(C)NS(=O)(=O)c2cccc(C)c2)c1. The van der Waals surface area contributed by atoms with Crippen molar-refractivity contribution in [1.82, 2.24) is 9.71 Å². The van der Waals surface area contributed by atoms with E-state index in [2.05, 4.69) is 9.71 Å². The molecule has 6 heteroatoms. The van der Waals surface area contributed by atoms with Crippen LogP contribution in [0.15, 0.2) is 71.9 Å². The fourth-order valence-corrected chi connectivity index (χ4v) is 4.60. The van der Waals surface area contributed by atoms with Crippen molar-refractivity contribution < 1.29 is 13.2 Å². The van der Waals surface area contributed by atoms with Gasteiger partial charge in [0.15, 0.2) is 0 Å². The Bertz CT molecular complexity index is 1090. The Balaban J connectivity index is 1.96. The van der Waals surface area contributed by atoms with Crippen molar-refractivity contribution in [3.63, 3.8) is 0 Å². The molecule has 2 aromatic carbocycles. The molecular weight excluding hydrogens is 372 g/mol. The summed E-state index contributed by atoms with van der Waals surface area (Å²) in [5.74, 6) is 0.665. The summed E-state index contributed by atoms with van der Waals surface area (Å²) in [4.78, 5) is 4.34.